The van der Waals surface area contributed by atoms with Crippen molar-refractivity contribution in [2.45, 2.75) is 18.9 Å². The van der Waals surface area contributed by atoms with Crippen LogP contribution in [0.4, 0.5) is 0 Å². The fourth-order valence-corrected chi connectivity index (χ4v) is 1.28. The Kier molecular flexibility index (Phi) is 4.04. The van der Waals surface area contributed by atoms with E-state index in [1.807, 2.05) is 0 Å². The Labute approximate surface area is 85.7 Å². The maximum absolute atomic E-state index is 11.1. The summed E-state index contributed by atoms with van der Waals surface area (Å²) in [4.78, 5) is 22.1. The number of carbonyl (C=O) groups is 1. The average Bonchev–Trinajstić information content (AvgIpc) is 2.59. The number of hydrogen-bond donors (Lipinski definition) is 2. The Morgan fingerprint density at radius 2 is 2.53 bits per heavy atom. The molecule has 0 amide bonds. The Balaban J connectivity index is 2.71. The van der Waals surface area contributed by atoms with Crippen molar-refractivity contribution in [1.29, 1.82) is 0 Å². The predicted octanol–water partition coefficient (Wildman–Crippen LogP) is -0.376. The smallest absolute Gasteiger partial charge is 0.343 e. The minimum Gasteiger partial charge on any atom is -0.480 e. The van der Waals surface area contributed by atoms with Gasteiger partial charge in [0.15, 0.2) is 0 Å². The number of aliphatic carboxylic acids is 1. The van der Waals surface area contributed by atoms with Gasteiger partial charge in [0.25, 0.3) is 0 Å². The predicted molar refractivity (Wildman–Crippen MR) is 50.6 cm³/mol. The zero-order chi connectivity index (χ0) is 11.3. The molecule has 84 valence electrons. The molecule has 0 aromatic carbocycles. The first-order valence-corrected chi connectivity index (χ1v) is 4.50. The monoisotopic (exact) mass is 215 g/mol. The molecular weight excluding hydrogens is 202 g/mol. The van der Waals surface area contributed by atoms with Crippen LogP contribution in [0, 0.1) is 0 Å². The molecule has 1 unspecified atom stereocenters. The van der Waals surface area contributed by atoms with E-state index < -0.39 is 17.7 Å². The van der Waals surface area contributed by atoms with E-state index >= 15 is 0 Å². The van der Waals surface area contributed by atoms with Gasteiger partial charge in [0, 0.05) is 13.7 Å². The normalized spacial score (nSPS) is 12.6. The number of nitrogens with zero attached hydrogens (tertiary/aromatic N) is 2. The van der Waals surface area contributed by atoms with Gasteiger partial charge in [-0.05, 0) is 12.8 Å². The van der Waals surface area contributed by atoms with E-state index in [2.05, 4.69) is 10.2 Å². The number of ether oxygens (including phenoxy) is 1. The molecule has 0 fully saturated rings. The van der Waals surface area contributed by atoms with Gasteiger partial charge < -0.3 is 9.84 Å². The number of hydrogen-bond acceptors (Lipinski definition) is 4. The zero-order valence-corrected chi connectivity index (χ0v) is 8.34. The third kappa shape index (κ3) is 2.91. The Morgan fingerprint density at radius 1 is 1.80 bits per heavy atom. The fraction of sp³-hybridized carbons (Fsp3) is 0.625. The van der Waals surface area contributed by atoms with Crippen LogP contribution in [0.5, 0.6) is 0 Å². The van der Waals surface area contributed by atoms with E-state index in [4.69, 9.17) is 9.84 Å². The Morgan fingerprint density at radius 3 is 3.00 bits per heavy atom. The maximum atomic E-state index is 11.1. The number of methoxy groups -OCH3 is 1. The number of nitrogens with one attached hydrogen (secondary N) is 1. The number of aromatic amines is 1. The lowest BCUT2D eigenvalue weighted by molar-refractivity contribution is -0.141. The topological polar surface area (TPSA) is 97.2 Å². The van der Waals surface area contributed by atoms with Crippen molar-refractivity contribution in [3.8, 4) is 0 Å². The SMILES string of the molecule is COCCCC(C(=O)O)n1cn[nH]c1=O. The largest absolute Gasteiger partial charge is 0.480 e. The molecule has 1 atom stereocenters. The van der Waals surface area contributed by atoms with E-state index in [0.717, 1.165) is 4.57 Å². The minimum absolute atomic E-state index is 0.336. The summed E-state index contributed by atoms with van der Waals surface area (Å²) in [5.74, 6) is -1.05. The van der Waals surface area contributed by atoms with Gasteiger partial charge in [0.05, 0.1) is 0 Å². The molecule has 0 radical (unpaired) electrons. The number of H-pyrrole nitrogens is 1. The third-order valence-electron chi connectivity index (χ3n) is 2.02. The van der Waals surface area contributed by atoms with E-state index in [0.29, 0.717) is 19.4 Å². The molecule has 0 aliphatic heterocycles. The summed E-state index contributed by atoms with van der Waals surface area (Å²) >= 11 is 0. The van der Waals surface area contributed by atoms with Crippen molar-refractivity contribution in [3.05, 3.63) is 16.8 Å². The summed E-state index contributed by atoms with van der Waals surface area (Å²) < 4.78 is 5.88. The van der Waals surface area contributed by atoms with Crippen molar-refractivity contribution in [1.82, 2.24) is 14.8 Å². The first-order chi connectivity index (χ1) is 7.16. The molecule has 1 aromatic rings. The van der Waals surface area contributed by atoms with Crippen LogP contribution in [0.3, 0.4) is 0 Å². The van der Waals surface area contributed by atoms with Gasteiger partial charge >= 0.3 is 11.7 Å². The second-order valence-electron chi connectivity index (χ2n) is 3.06. The number of rotatable bonds is 6. The lowest BCUT2D eigenvalue weighted by Gasteiger charge is -2.11. The average molecular weight is 215 g/mol. The van der Waals surface area contributed by atoms with Crippen LogP contribution in [0.1, 0.15) is 18.9 Å². The van der Waals surface area contributed by atoms with Gasteiger partial charge in [-0.25, -0.2) is 14.7 Å². The highest BCUT2D eigenvalue weighted by Gasteiger charge is 2.20. The van der Waals surface area contributed by atoms with E-state index in [9.17, 15) is 9.59 Å². The first kappa shape index (κ1) is 11.4. The quantitative estimate of drug-likeness (QED) is 0.630. The molecule has 0 aliphatic rings. The Hall–Kier alpha value is -1.63. The van der Waals surface area contributed by atoms with Crippen LogP contribution in [0.2, 0.25) is 0 Å². The summed E-state index contributed by atoms with van der Waals surface area (Å²) in [6.45, 7) is 0.469. The highest BCUT2D eigenvalue weighted by atomic mass is 16.5. The summed E-state index contributed by atoms with van der Waals surface area (Å²) in [5.41, 5.74) is -0.514. The molecule has 2 N–H and O–H groups in total. The van der Waals surface area contributed by atoms with Crippen LogP contribution in [-0.4, -0.2) is 39.6 Å². The molecule has 15 heavy (non-hydrogen) atoms. The van der Waals surface area contributed by atoms with Crippen LogP contribution in [-0.2, 0) is 9.53 Å². The Bertz CT molecular complexity index is 370. The molecule has 1 heterocycles. The van der Waals surface area contributed by atoms with Gasteiger partial charge in [-0.1, -0.05) is 0 Å². The maximum Gasteiger partial charge on any atom is 0.343 e. The van der Waals surface area contributed by atoms with E-state index in [-0.39, 0.29) is 0 Å². The number of aromatic nitrogens is 3. The van der Waals surface area contributed by atoms with E-state index in [1.165, 1.54) is 6.33 Å². The van der Waals surface area contributed by atoms with Crippen molar-refractivity contribution >= 4 is 5.97 Å². The molecular formula is C8H13N3O4. The van der Waals surface area contributed by atoms with Crippen molar-refractivity contribution < 1.29 is 14.6 Å². The second-order valence-corrected chi connectivity index (χ2v) is 3.06. The van der Waals surface area contributed by atoms with E-state index in [1.54, 1.807) is 7.11 Å². The van der Waals surface area contributed by atoms with Gasteiger partial charge in [-0.2, -0.15) is 5.10 Å². The van der Waals surface area contributed by atoms with Crippen molar-refractivity contribution in [2.24, 2.45) is 0 Å². The lowest BCUT2D eigenvalue weighted by atomic mass is 10.1. The summed E-state index contributed by atoms with van der Waals surface area (Å²) in [6, 6.07) is -0.883. The third-order valence-corrected chi connectivity index (χ3v) is 2.02. The molecule has 1 aromatic heterocycles. The molecule has 0 saturated heterocycles. The van der Waals surface area contributed by atoms with Gasteiger partial charge in [0.2, 0.25) is 0 Å². The zero-order valence-electron chi connectivity index (χ0n) is 8.34. The van der Waals surface area contributed by atoms with Crippen LogP contribution in [0.15, 0.2) is 11.1 Å². The lowest BCUT2D eigenvalue weighted by Crippen LogP contribution is -2.27. The molecule has 7 nitrogen and oxygen atoms in total. The van der Waals surface area contributed by atoms with Gasteiger partial charge in [-0.3, -0.25) is 4.57 Å². The molecule has 0 bridgehead atoms. The highest BCUT2D eigenvalue weighted by Crippen LogP contribution is 2.11. The standard InChI is InChI=1S/C8H13N3O4/c1-15-4-2-3-6(7(12)13)11-5-9-10-8(11)14/h5-6H,2-4H2,1H3,(H,10,14)(H,12,13). The molecule has 7 heteroatoms. The summed E-state index contributed by atoms with van der Waals surface area (Å²) in [5, 5.41) is 14.6. The highest BCUT2D eigenvalue weighted by molar-refractivity contribution is 5.71. The van der Waals surface area contributed by atoms with Crippen LogP contribution >= 0.6 is 0 Å². The number of carboxylic acids is 1. The molecule has 0 aliphatic carbocycles. The van der Waals surface area contributed by atoms with Crippen molar-refractivity contribution in [2.75, 3.05) is 13.7 Å². The molecule has 0 spiro atoms. The van der Waals surface area contributed by atoms with Gasteiger partial charge in [0.1, 0.15) is 12.4 Å². The molecule has 0 saturated carbocycles. The van der Waals surface area contributed by atoms with Crippen LogP contribution in [0.25, 0.3) is 0 Å². The fourth-order valence-electron chi connectivity index (χ4n) is 1.28. The minimum atomic E-state index is -1.05. The van der Waals surface area contributed by atoms with Gasteiger partial charge in [-0.15, -0.1) is 0 Å². The molecule has 1 rings (SSSR count). The summed E-state index contributed by atoms with van der Waals surface area (Å²) in [6.07, 6.45) is 2.10. The van der Waals surface area contributed by atoms with Crippen LogP contribution < -0.4 is 5.69 Å². The number of carboxylic acid groups (broad SMARTS) is 1. The summed E-state index contributed by atoms with van der Waals surface area (Å²) in [7, 11) is 1.54. The van der Waals surface area contributed by atoms with Crippen molar-refractivity contribution in [3.63, 3.8) is 0 Å². The second kappa shape index (κ2) is 5.30. The first-order valence-electron chi connectivity index (χ1n) is 4.50.